The van der Waals surface area contributed by atoms with Gasteiger partial charge in [0, 0.05) is 32.1 Å². The minimum absolute atomic E-state index is 0.105. The van der Waals surface area contributed by atoms with Crippen LogP contribution in [0.1, 0.15) is 54.6 Å². The Bertz CT molecular complexity index is 955. The van der Waals surface area contributed by atoms with Crippen LogP contribution in [0.2, 0.25) is 0 Å². The van der Waals surface area contributed by atoms with Crippen molar-refractivity contribution >= 4 is 17.7 Å². The summed E-state index contributed by atoms with van der Waals surface area (Å²) >= 11 is 0. The lowest BCUT2D eigenvalue weighted by Gasteiger charge is -2.38. The Morgan fingerprint density at radius 2 is 1.94 bits per heavy atom. The average Bonchev–Trinajstić information content (AvgIpc) is 3.33. The number of pyridine rings is 1. The molecule has 1 aromatic carbocycles. The van der Waals surface area contributed by atoms with Crippen molar-refractivity contribution in [3.05, 3.63) is 59.8 Å². The van der Waals surface area contributed by atoms with Gasteiger partial charge >= 0.3 is 5.97 Å². The van der Waals surface area contributed by atoms with E-state index in [1.54, 1.807) is 19.2 Å². The molecule has 4 heterocycles. The standard InChI is InChI=1S/C24H27N3O4/c1-2-30-22(28)18-8-10-20(25-16-18)26-14-12-24(13-15-26)23(29)27-19(9-11-21(27)31-24)17-6-4-3-5-7-17/h3-8,10,16,19,21H,2,9,11-15H2,1H3/t19-,21+/m0/s1. The maximum absolute atomic E-state index is 13.5. The van der Waals surface area contributed by atoms with Crippen molar-refractivity contribution in [3.63, 3.8) is 0 Å². The number of hydrogen-bond acceptors (Lipinski definition) is 6. The van der Waals surface area contributed by atoms with Crippen LogP contribution in [-0.2, 0) is 14.3 Å². The number of rotatable bonds is 4. The number of esters is 1. The van der Waals surface area contributed by atoms with E-state index < -0.39 is 5.60 Å². The molecule has 0 N–H and O–H groups in total. The molecule has 3 aliphatic rings. The van der Waals surface area contributed by atoms with Gasteiger partial charge in [-0.1, -0.05) is 30.3 Å². The van der Waals surface area contributed by atoms with Gasteiger partial charge < -0.3 is 19.3 Å². The zero-order valence-electron chi connectivity index (χ0n) is 17.7. The Hall–Kier alpha value is -2.93. The molecular weight excluding hydrogens is 394 g/mol. The van der Waals surface area contributed by atoms with E-state index in [4.69, 9.17) is 9.47 Å². The van der Waals surface area contributed by atoms with E-state index >= 15 is 0 Å². The van der Waals surface area contributed by atoms with Crippen molar-refractivity contribution in [1.82, 2.24) is 9.88 Å². The van der Waals surface area contributed by atoms with Gasteiger partial charge in [-0.25, -0.2) is 9.78 Å². The zero-order chi connectivity index (χ0) is 21.4. The molecule has 7 heteroatoms. The highest BCUT2D eigenvalue weighted by Gasteiger charge is 2.57. The largest absolute Gasteiger partial charge is 0.462 e. The van der Waals surface area contributed by atoms with Gasteiger partial charge in [-0.2, -0.15) is 0 Å². The molecule has 0 radical (unpaired) electrons. The lowest BCUT2D eigenvalue weighted by Crippen LogP contribution is -2.50. The Labute approximate surface area is 182 Å². The molecule has 0 unspecified atom stereocenters. The van der Waals surface area contributed by atoms with Crippen LogP contribution >= 0.6 is 0 Å². The molecule has 0 aliphatic carbocycles. The van der Waals surface area contributed by atoms with Crippen molar-refractivity contribution in [2.24, 2.45) is 0 Å². The molecule has 3 saturated heterocycles. The summed E-state index contributed by atoms with van der Waals surface area (Å²) < 4.78 is 11.4. The van der Waals surface area contributed by atoms with Crippen molar-refractivity contribution in [2.45, 2.75) is 50.5 Å². The fourth-order valence-electron chi connectivity index (χ4n) is 5.05. The van der Waals surface area contributed by atoms with E-state index in [1.807, 2.05) is 29.2 Å². The van der Waals surface area contributed by atoms with Gasteiger partial charge in [0.25, 0.3) is 5.91 Å². The molecule has 1 spiro atoms. The summed E-state index contributed by atoms with van der Waals surface area (Å²) in [7, 11) is 0. The van der Waals surface area contributed by atoms with Gasteiger partial charge in [-0.3, -0.25) is 4.79 Å². The van der Waals surface area contributed by atoms with Gasteiger partial charge in [-0.15, -0.1) is 0 Å². The third-order valence-electron chi connectivity index (χ3n) is 6.66. The molecule has 31 heavy (non-hydrogen) atoms. The van der Waals surface area contributed by atoms with E-state index in [1.165, 1.54) is 5.56 Å². The van der Waals surface area contributed by atoms with Crippen LogP contribution in [0.3, 0.4) is 0 Å². The molecule has 1 amide bonds. The topological polar surface area (TPSA) is 72.0 Å². The first-order valence-electron chi connectivity index (χ1n) is 11.0. The highest BCUT2D eigenvalue weighted by Crippen LogP contribution is 2.47. The van der Waals surface area contributed by atoms with Gasteiger partial charge in [0.2, 0.25) is 0 Å². The number of benzene rings is 1. The van der Waals surface area contributed by atoms with Gasteiger partial charge in [0.05, 0.1) is 18.2 Å². The summed E-state index contributed by atoms with van der Waals surface area (Å²) in [6, 6.07) is 13.9. The Balaban J connectivity index is 1.26. The van der Waals surface area contributed by atoms with Crippen molar-refractivity contribution in [2.75, 3.05) is 24.6 Å². The minimum atomic E-state index is -0.723. The molecule has 3 aliphatic heterocycles. The maximum atomic E-state index is 13.5. The number of aromatic nitrogens is 1. The molecule has 5 rings (SSSR count). The number of hydrogen-bond donors (Lipinski definition) is 0. The lowest BCUT2D eigenvalue weighted by molar-refractivity contribution is -0.140. The third kappa shape index (κ3) is 3.47. The number of amides is 1. The van der Waals surface area contributed by atoms with Crippen LogP contribution in [0.4, 0.5) is 5.82 Å². The second-order valence-corrected chi connectivity index (χ2v) is 8.40. The summed E-state index contributed by atoms with van der Waals surface area (Å²) in [5.41, 5.74) is 0.905. The average molecular weight is 421 g/mol. The number of anilines is 1. The second kappa shape index (κ2) is 7.96. The van der Waals surface area contributed by atoms with Crippen LogP contribution in [0.15, 0.2) is 48.7 Å². The van der Waals surface area contributed by atoms with E-state index in [0.717, 1.165) is 18.7 Å². The van der Waals surface area contributed by atoms with E-state index in [0.29, 0.717) is 38.1 Å². The highest BCUT2D eigenvalue weighted by atomic mass is 16.6. The first-order chi connectivity index (χ1) is 15.1. The number of nitrogens with zero attached hydrogens (tertiary/aromatic N) is 3. The Kier molecular flexibility index (Phi) is 5.14. The van der Waals surface area contributed by atoms with Crippen molar-refractivity contribution in [3.8, 4) is 0 Å². The molecule has 2 atom stereocenters. The number of piperidine rings is 1. The lowest BCUT2D eigenvalue weighted by atomic mass is 9.89. The Morgan fingerprint density at radius 1 is 1.16 bits per heavy atom. The van der Waals surface area contributed by atoms with Gasteiger partial charge in [0.1, 0.15) is 12.0 Å². The molecule has 3 fully saturated rings. The first-order valence-corrected chi connectivity index (χ1v) is 11.0. The number of ether oxygens (including phenoxy) is 2. The second-order valence-electron chi connectivity index (χ2n) is 8.40. The monoisotopic (exact) mass is 421 g/mol. The number of fused-ring (bicyclic) bond motifs is 1. The van der Waals surface area contributed by atoms with Crippen molar-refractivity contribution < 1.29 is 19.1 Å². The molecule has 2 aromatic rings. The van der Waals surface area contributed by atoms with E-state index in [2.05, 4.69) is 22.0 Å². The molecule has 0 saturated carbocycles. The minimum Gasteiger partial charge on any atom is -0.462 e. The van der Waals surface area contributed by atoms with Crippen LogP contribution < -0.4 is 4.90 Å². The summed E-state index contributed by atoms with van der Waals surface area (Å²) in [5, 5.41) is 0. The summed E-state index contributed by atoms with van der Waals surface area (Å²) in [5.74, 6) is 0.572. The fourth-order valence-corrected chi connectivity index (χ4v) is 5.05. The van der Waals surface area contributed by atoms with Crippen LogP contribution in [0.25, 0.3) is 0 Å². The predicted octanol–water partition coefficient (Wildman–Crippen LogP) is 3.32. The smallest absolute Gasteiger partial charge is 0.339 e. The maximum Gasteiger partial charge on any atom is 0.339 e. The molecule has 0 bridgehead atoms. The molecule has 162 valence electrons. The third-order valence-corrected chi connectivity index (χ3v) is 6.66. The Morgan fingerprint density at radius 3 is 2.61 bits per heavy atom. The van der Waals surface area contributed by atoms with Crippen LogP contribution in [0, 0.1) is 0 Å². The predicted molar refractivity (Wildman–Crippen MR) is 115 cm³/mol. The van der Waals surface area contributed by atoms with Crippen molar-refractivity contribution in [1.29, 1.82) is 0 Å². The van der Waals surface area contributed by atoms with E-state index in [-0.39, 0.29) is 24.1 Å². The van der Waals surface area contributed by atoms with E-state index in [9.17, 15) is 9.59 Å². The SMILES string of the molecule is CCOC(=O)c1ccc(N2CCC3(CC2)O[C@@H]2CC[C@@H](c4ccccc4)N2C3=O)nc1. The quantitative estimate of drug-likeness (QED) is 0.706. The molecular formula is C24H27N3O4. The van der Waals surface area contributed by atoms with Crippen LogP contribution in [-0.4, -0.2) is 53.3 Å². The summed E-state index contributed by atoms with van der Waals surface area (Å²) in [6.45, 7) is 3.50. The molecule has 7 nitrogen and oxygen atoms in total. The highest BCUT2D eigenvalue weighted by molar-refractivity contribution is 5.89. The first kappa shape index (κ1) is 20.0. The molecule has 1 aromatic heterocycles. The number of carbonyl (C=O) groups excluding carboxylic acids is 2. The summed E-state index contributed by atoms with van der Waals surface area (Å²) in [6.07, 6.45) is 4.54. The van der Waals surface area contributed by atoms with Crippen LogP contribution in [0.5, 0.6) is 0 Å². The fraction of sp³-hybridized carbons (Fsp3) is 0.458. The summed E-state index contributed by atoms with van der Waals surface area (Å²) in [4.78, 5) is 33.9. The van der Waals surface area contributed by atoms with Gasteiger partial charge in [-0.05, 0) is 37.5 Å². The van der Waals surface area contributed by atoms with Gasteiger partial charge in [0.15, 0.2) is 5.60 Å². The normalized spacial score (nSPS) is 24.5. The number of carbonyl (C=O) groups is 2. The zero-order valence-corrected chi connectivity index (χ0v) is 17.7.